The SMILES string of the molecule is Cc1ccn(C(=O)c2cnc(C(C)(C)C)s2)c(=NC2CCCCC2)c1. The van der Waals surface area contributed by atoms with Gasteiger partial charge in [0.2, 0.25) is 0 Å². The second kappa shape index (κ2) is 7.24. The highest BCUT2D eigenvalue weighted by Gasteiger charge is 2.21. The fourth-order valence-corrected chi connectivity index (χ4v) is 4.01. The summed E-state index contributed by atoms with van der Waals surface area (Å²) in [6, 6.07) is 4.31. The van der Waals surface area contributed by atoms with E-state index in [0.29, 0.717) is 10.9 Å². The number of thiazole rings is 1. The zero-order chi connectivity index (χ0) is 18.0. The molecule has 0 aliphatic heterocycles. The quantitative estimate of drug-likeness (QED) is 0.796. The van der Waals surface area contributed by atoms with Crippen LogP contribution >= 0.6 is 11.3 Å². The lowest BCUT2D eigenvalue weighted by molar-refractivity contribution is 0.0958. The topological polar surface area (TPSA) is 47.2 Å². The molecule has 0 unspecified atom stereocenters. The van der Waals surface area contributed by atoms with Crippen molar-refractivity contribution in [1.29, 1.82) is 0 Å². The smallest absolute Gasteiger partial charge is 0.267 e. The largest absolute Gasteiger partial charge is 0.275 e. The minimum Gasteiger partial charge on any atom is -0.267 e. The fourth-order valence-electron chi connectivity index (χ4n) is 3.10. The average molecular weight is 358 g/mol. The molecule has 2 heterocycles. The Hall–Kier alpha value is -1.75. The molecule has 25 heavy (non-hydrogen) atoms. The molecule has 1 aliphatic carbocycles. The van der Waals surface area contributed by atoms with Crippen LogP contribution in [0.1, 0.15) is 73.1 Å². The molecule has 134 valence electrons. The van der Waals surface area contributed by atoms with Crippen molar-refractivity contribution in [2.24, 2.45) is 4.99 Å². The molecule has 1 fully saturated rings. The molecule has 0 spiro atoms. The average Bonchev–Trinajstić information content (AvgIpc) is 3.06. The molecular weight excluding hydrogens is 330 g/mol. The van der Waals surface area contributed by atoms with Crippen LogP contribution in [-0.4, -0.2) is 21.5 Å². The maximum Gasteiger partial charge on any atom is 0.275 e. The normalized spacial score (nSPS) is 17.0. The molecule has 5 heteroatoms. The van der Waals surface area contributed by atoms with Crippen LogP contribution in [0.5, 0.6) is 0 Å². The summed E-state index contributed by atoms with van der Waals surface area (Å²) in [5.74, 6) is -0.0393. The van der Waals surface area contributed by atoms with E-state index >= 15 is 0 Å². The summed E-state index contributed by atoms with van der Waals surface area (Å²) < 4.78 is 1.68. The van der Waals surface area contributed by atoms with E-state index in [0.717, 1.165) is 28.9 Å². The Kier molecular flexibility index (Phi) is 5.23. The van der Waals surface area contributed by atoms with E-state index in [4.69, 9.17) is 4.99 Å². The predicted octanol–water partition coefficient (Wildman–Crippen LogP) is 4.47. The molecule has 0 N–H and O–H groups in total. The van der Waals surface area contributed by atoms with Gasteiger partial charge in [-0.2, -0.15) is 0 Å². The van der Waals surface area contributed by atoms with E-state index < -0.39 is 0 Å². The lowest BCUT2D eigenvalue weighted by Gasteiger charge is -2.18. The van der Waals surface area contributed by atoms with E-state index in [1.807, 2.05) is 25.3 Å². The molecule has 1 aliphatic rings. The Morgan fingerprint density at radius 2 is 2.00 bits per heavy atom. The van der Waals surface area contributed by atoms with Crippen molar-refractivity contribution in [3.05, 3.63) is 45.5 Å². The van der Waals surface area contributed by atoms with Gasteiger partial charge in [-0.05, 0) is 37.5 Å². The first-order valence-electron chi connectivity index (χ1n) is 9.09. The summed E-state index contributed by atoms with van der Waals surface area (Å²) in [6.45, 7) is 8.38. The van der Waals surface area contributed by atoms with Crippen LogP contribution in [0.2, 0.25) is 0 Å². The van der Waals surface area contributed by atoms with E-state index in [9.17, 15) is 4.79 Å². The van der Waals surface area contributed by atoms with Crippen LogP contribution in [0, 0.1) is 6.92 Å². The number of pyridine rings is 1. The van der Waals surface area contributed by atoms with Crippen LogP contribution in [0.25, 0.3) is 0 Å². The van der Waals surface area contributed by atoms with Crippen molar-refractivity contribution in [3.63, 3.8) is 0 Å². The van der Waals surface area contributed by atoms with Crippen molar-refractivity contribution in [3.8, 4) is 0 Å². The zero-order valence-electron chi connectivity index (χ0n) is 15.6. The molecule has 0 saturated heterocycles. The van der Waals surface area contributed by atoms with Crippen molar-refractivity contribution in [2.45, 2.75) is 71.3 Å². The fraction of sp³-hybridized carbons (Fsp3) is 0.550. The summed E-state index contributed by atoms with van der Waals surface area (Å²) in [7, 11) is 0. The van der Waals surface area contributed by atoms with E-state index in [2.05, 4.69) is 25.8 Å². The third-order valence-electron chi connectivity index (χ3n) is 4.56. The second-order valence-electron chi connectivity index (χ2n) is 7.94. The monoisotopic (exact) mass is 357 g/mol. The lowest BCUT2D eigenvalue weighted by Crippen LogP contribution is -2.29. The summed E-state index contributed by atoms with van der Waals surface area (Å²) >= 11 is 1.48. The number of aromatic nitrogens is 2. The molecule has 1 saturated carbocycles. The molecule has 0 bridgehead atoms. The molecule has 2 aromatic heterocycles. The molecular formula is C20H27N3OS. The lowest BCUT2D eigenvalue weighted by atomic mass is 9.96. The molecule has 0 atom stereocenters. The van der Waals surface area contributed by atoms with Gasteiger partial charge >= 0.3 is 0 Å². The van der Waals surface area contributed by atoms with Gasteiger partial charge in [-0.3, -0.25) is 14.4 Å². The van der Waals surface area contributed by atoms with Gasteiger partial charge in [0.15, 0.2) is 0 Å². The van der Waals surface area contributed by atoms with Gasteiger partial charge in [0.05, 0.1) is 17.2 Å². The van der Waals surface area contributed by atoms with Crippen molar-refractivity contribution in [1.82, 2.24) is 9.55 Å². The first-order chi connectivity index (χ1) is 11.8. The highest BCUT2D eigenvalue weighted by molar-refractivity contribution is 7.13. The van der Waals surface area contributed by atoms with Crippen LogP contribution in [0.4, 0.5) is 0 Å². The Morgan fingerprint density at radius 3 is 2.64 bits per heavy atom. The maximum atomic E-state index is 13.0. The van der Waals surface area contributed by atoms with E-state index in [1.54, 1.807) is 10.8 Å². The Morgan fingerprint density at radius 1 is 1.28 bits per heavy atom. The number of hydrogen-bond acceptors (Lipinski definition) is 4. The maximum absolute atomic E-state index is 13.0. The predicted molar refractivity (Wildman–Crippen MR) is 102 cm³/mol. The molecule has 0 radical (unpaired) electrons. The van der Waals surface area contributed by atoms with Gasteiger partial charge in [-0.15, -0.1) is 11.3 Å². The molecule has 0 amide bonds. The number of carbonyl (C=O) groups excluding carboxylic acids is 1. The van der Waals surface area contributed by atoms with Crippen LogP contribution < -0.4 is 5.49 Å². The number of hydrogen-bond donors (Lipinski definition) is 0. The minimum absolute atomic E-state index is 0.0393. The Bertz CT molecular complexity index is 820. The van der Waals surface area contributed by atoms with Crippen molar-refractivity contribution >= 4 is 17.2 Å². The number of rotatable bonds is 2. The van der Waals surface area contributed by atoms with Crippen molar-refractivity contribution in [2.75, 3.05) is 0 Å². The molecule has 3 rings (SSSR count). The summed E-state index contributed by atoms with van der Waals surface area (Å²) in [4.78, 5) is 23.1. The number of nitrogens with zero attached hydrogens (tertiary/aromatic N) is 3. The first kappa shape index (κ1) is 18.1. The van der Waals surface area contributed by atoms with Crippen LogP contribution in [-0.2, 0) is 5.41 Å². The molecule has 4 nitrogen and oxygen atoms in total. The van der Waals surface area contributed by atoms with Gasteiger partial charge in [0.1, 0.15) is 10.4 Å². The van der Waals surface area contributed by atoms with Gasteiger partial charge in [-0.1, -0.05) is 40.0 Å². The highest BCUT2D eigenvalue weighted by atomic mass is 32.1. The standard InChI is InChI=1S/C20H27N3OS/c1-14-10-11-23(17(12-14)22-15-8-6-5-7-9-15)18(24)16-13-21-19(25-16)20(2,3)4/h10-13,15H,5-9H2,1-4H3. The minimum atomic E-state index is -0.0452. The summed E-state index contributed by atoms with van der Waals surface area (Å²) in [5, 5.41) is 0.981. The highest BCUT2D eigenvalue weighted by Crippen LogP contribution is 2.27. The van der Waals surface area contributed by atoms with Crippen LogP contribution in [0.3, 0.4) is 0 Å². The summed E-state index contributed by atoms with van der Waals surface area (Å²) in [6.07, 6.45) is 9.55. The van der Waals surface area contributed by atoms with Crippen molar-refractivity contribution < 1.29 is 4.79 Å². The van der Waals surface area contributed by atoms with E-state index in [1.165, 1.54) is 30.6 Å². The van der Waals surface area contributed by atoms with Gasteiger partial charge < -0.3 is 0 Å². The van der Waals surface area contributed by atoms with Gasteiger partial charge in [0.25, 0.3) is 5.91 Å². The molecule has 0 aromatic carbocycles. The third-order valence-corrected chi connectivity index (χ3v) is 5.97. The number of carbonyl (C=O) groups is 1. The second-order valence-corrected chi connectivity index (χ2v) is 8.97. The van der Waals surface area contributed by atoms with Gasteiger partial charge in [-0.25, -0.2) is 4.98 Å². The van der Waals surface area contributed by atoms with Gasteiger partial charge in [0, 0.05) is 11.6 Å². The first-order valence-corrected chi connectivity index (χ1v) is 9.90. The number of aryl methyl sites for hydroxylation is 1. The Labute approximate surface area is 153 Å². The molecule has 2 aromatic rings. The van der Waals surface area contributed by atoms with E-state index in [-0.39, 0.29) is 11.3 Å². The van der Waals surface area contributed by atoms with Crippen LogP contribution in [0.15, 0.2) is 29.5 Å². The summed E-state index contributed by atoms with van der Waals surface area (Å²) in [5.41, 5.74) is 1.84. The zero-order valence-corrected chi connectivity index (χ0v) is 16.4. The Balaban J connectivity index is 1.97. The third kappa shape index (κ3) is 4.27.